The number of aryl methyl sites for hydroxylation is 1. The topological polar surface area (TPSA) is 42.7 Å². The summed E-state index contributed by atoms with van der Waals surface area (Å²) in [6.45, 7) is 3.11. The Labute approximate surface area is 113 Å². The smallest absolute Gasteiger partial charge is 0.140 e. The molecule has 0 unspecified atom stereocenters. The summed E-state index contributed by atoms with van der Waals surface area (Å²) >= 11 is 0. The molecular weight excluding hydrogens is 236 g/mol. The summed E-state index contributed by atoms with van der Waals surface area (Å²) < 4.78 is 2.14. The van der Waals surface area contributed by atoms with Crippen LogP contribution in [-0.2, 0) is 12.8 Å². The van der Waals surface area contributed by atoms with Crippen LogP contribution in [0, 0.1) is 0 Å². The molecule has 0 spiro atoms. The number of hydrogen-bond acceptors (Lipinski definition) is 3. The van der Waals surface area contributed by atoms with Gasteiger partial charge in [0.2, 0.25) is 0 Å². The molecule has 1 aliphatic rings. The van der Waals surface area contributed by atoms with Crippen LogP contribution in [0.5, 0.6) is 0 Å². The van der Waals surface area contributed by atoms with Crippen molar-refractivity contribution >= 4 is 5.82 Å². The third kappa shape index (κ3) is 2.48. The van der Waals surface area contributed by atoms with Crippen LogP contribution in [0.2, 0.25) is 0 Å². The molecule has 1 N–H and O–H groups in total. The van der Waals surface area contributed by atoms with E-state index in [1.165, 1.54) is 24.2 Å². The first-order valence-corrected chi connectivity index (χ1v) is 7.15. The van der Waals surface area contributed by atoms with Crippen molar-refractivity contribution in [3.05, 3.63) is 35.9 Å². The minimum absolute atomic E-state index is 0.942. The number of fused-ring (bicyclic) bond motifs is 1. The molecule has 3 rings (SSSR count). The zero-order valence-corrected chi connectivity index (χ0v) is 11.4. The Kier molecular flexibility index (Phi) is 3.49. The molecule has 2 heterocycles. The van der Waals surface area contributed by atoms with Crippen LogP contribution in [-0.4, -0.2) is 21.1 Å². The normalized spacial score (nSPS) is 14.2. The number of imidazole rings is 1. The van der Waals surface area contributed by atoms with E-state index in [4.69, 9.17) is 0 Å². The molecule has 0 saturated carbocycles. The lowest BCUT2D eigenvalue weighted by molar-refractivity contribution is 0.654. The maximum Gasteiger partial charge on any atom is 0.140 e. The summed E-state index contributed by atoms with van der Waals surface area (Å²) in [5.74, 6) is 1.91. The van der Waals surface area contributed by atoms with Gasteiger partial charge in [0.1, 0.15) is 18.0 Å². The number of aromatic nitrogens is 3. The van der Waals surface area contributed by atoms with Crippen molar-refractivity contribution in [3.63, 3.8) is 0 Å². The van der Waals surface area contributed by atoms with E-state index >= 15 is 0 Å². The summed E-state index contributed by atoms with van der Waals surface area (Å²) in [5.41, 5.74) is 2.59. The number of rotatable bonds is 4. The minimum Gasteiger partial charge on any atom is -0.370 e. The van der Waals surface area contributed by atoms with Crippen LogP contribution >= 0.6 is 0 Å². The van der Waals surface area contributed by atoms with Crippen LogP contribution in [0.4, 0.5) is 5.82 Å². The predicted octanol–water partition coefficient (Wildman–Crippen LogP) is 2.97. The van der Waals surface area contributed by atoms with Gasteiger partial charge in [-0.1, -0.05) is 13.0 Å². The van der Waals surface area contributed by atoms with Gasteiger partial charge in [0.15, 0.2) is 0 Å². The average molecular weight is 256 g/mol. The van der Waals surface area contributed by atoms with Gasteiger partial charge in [0.25, 0.3) is 0 Å². The summed E-state index contributed by atoms with van der Waals surface area (Å²) in [5, 5.41) is 3.33. The maximum atomic E-state index is 4.67. The van der Waals surface area contributed by atoms with Crippen molar-refractivity contribution in [2.45, 2.75) is 39.0 Å². The maximum absolute atomic E-state index is 4.67. The highest BCUT2D eigenvalue weighted by Crippen LogP contribution is 2.22. The Hall–Kier alpha value is -1.84. The van der Waals surface area contributed by atoms with Crippen molar-refractivity contribution < 1.29 is 0 Å². The molecule has 0 fully saturated rings. The van der Waals surface area contributed by atoms with Gasteiger partial charge in [-0.2, -0.15) is 0 Å². The first kappa shape index (κ1) is 12.2. The number of pyridine rings is 1. The average Bonchev–Trinajstić information content (AvgIpc) is 2.89. The zero-order valence-electron chi connectivity index (χ0n) is 11.4. The monoisotopic (exact) mass is 256 g/mol. The van der Waals surface area contributed by atoms with E-state index in [0.29, 0.717) is 0 Å². The van der Waals surface area contributed by atoms with Gasteiger partial charge in [-0.15, -0.1) is 0 Å². The van der Waals surface area contributed by atoms with E-state index in [-0.39, 0.29) is 0 Å². The first-order valence-electron chi connectivity index (χ1n) is 7.15. The second-order valence-electron chi connectivity index (χ2n) is 5.02. The molecule has 19 heavy (non-hydrogen) atoms. The highest BCUT2D eigenvalue weighted by molar-refractivity contribution is 5.41. The molecular formula is C15H20N4. The van der Waals surface area contributed by atoms with E-state index < -0.39 is 0 Å². The molecule has 0 atom stereocenters. The lowest BCUT2D eigenvalue weighted by Gasteiger charge is -2.14. The highest BCUT2D eigenvalue weighted by Gasteiger charge is 2.16. The van der Waals surface area contributed by atoms with Crippen LogP contribution in [0.15, 0.2) is 24.5 Å². The fraction of sp³-hybridized carbons (Fsp3) is 0.467. The van der Waals surface area contributed by atoms with Gasteiger partial charge in [-0.25, -0.2) is 9.97 Å². The fourth-order valence-electron chi connectivity index (χ4n) is 2.58. The molecule has 2 aromatic rings. The molecule has 0 aliphatic heterocycles. The van der Waals surface area contributed by atoms with E-state index in [9.17, 15) is 0 Å². The van der Waals surface area contributed by atoms with Crippen molar-refractivity contribution in [1.29, 1.82) is 0 Å². The Balaban J connectivity index is 1.91. The summed E-state index contributed by atoms with van der Waals surface area (Å²) in [6.07, 6.45) is 7.76. The zero-order chi connectivity index (χ0) is 13.1. The second kappa shape index (κ2) is 5.43. The van der Waals surface area contributed by atoms with E-state index in [0.717, 1.165) is 37.4 Å². The first-order chi connectivity index (χ1) is 9.38. The Morgan fingerprint density at radius 3 is 3.05 bits per heavy atom. The largest absolute Gasteiger partial charge is 0.370 e. The molecule has 0 bridgehead atoms. The van der Waals surface area contributed by atoms with Gasteiger partial charge >= 0.3 is 0 Å². The molecule has 0 saturated heterocycles. The molecule has 1 aliphatic carbocycles. The lowest BCUT2D eigenvalue weighted by atomic mass is 10.0. The van der Waals surface area contributed by atoms with Gasteiger partial charge < -0.3 is 5.32 Å². The molecule has 4 nitrogen and oxygen atoms in total. The van der Waals surface area contributed by atoms with Crippen LogP contribution in [0.25, 0.3) is 5.82 Å². The number of nitrogens with zero attached hydrogens (tertiary/aromatic N) is 3. The molecule has 0 amide bonds. The summed E-state index contributed by atoms with van der Waals surface area (Å²) in [4.78, 5) is 9.20. The second-order valence-corrected chi connectivity index (χ2v) is 5.02. The Morgan fingerprint density at radius 1 is 1.26 bits per heavy atom. The summed E-state index contributed by atoms with van der Waals surface area (Å²) in [7, 11) is 0. The van der Waals surface area contributed by atoms with E-state index in [1.807, 2.05) is 18.5 Å². The van der Waals surface area contributed by atoms with Gasteiger partial charge in [-0.3, -0.25) is 4.57 Å². The molecule has 2 aromatic heterocycles. The lowest BCUT2D eigenvalue weighted by Crippen LogP contribution is -2.09. The molecule has 0 radical (unpaired) electrons. The van der Waals surface area contributed by atoms with E-state index in [2.05, 4.69) is 32.8 Å². The van der Waals surface area contributed by atoms with Crippen LogP contribution < -0.4 is 5.32 Å². The van der Waals surface area contributed by atoms with Gasteiger partial charge in [-0.05, 0) is 44.2 Å². The molecule has 4 heteroatoms. The fourth-order valence-corrected chi connectivity index (χ4v) is 2.58. The van der Waals surface area contributed by atoms with E-state index in [1.54, 1.807) is 0 Å². The van der Waals surface area contributed by atoms with Crippen molar-refractivity contribution in [3.8, 4) is 5.82 Å². The third-order valence-electron chi connectivity index (χ3n) is 3.57. The summed E-state index contributed by atoms with van der Waals surface area (Å²) in [6, 6.07) is 6.12. The molecule has 0 aromatic carbocycles. The van der Waals surface area contributed by atoms with Gasteiger partial charge in [0.05, 0.1) is 5.69 Å². The van der Waals surface area contributed by atoms with Crippen LogP contribution in [0.3, 0.4) is 0 Å². The molecule has 100 valence electrons. The quantitative estimate of drug-likeness (QED) is 0.914. The SMILES string of the molecule is CCCNc1cccc(-n2cnc3c2CCCC3)n1. The number of nitrogens with one attached hydrogen (secondary N) is 1. The van der Waals surface area contributed by atoms with Crippen molar-refractivity contribution in [2.75, 3.05) is 11.9 Å². The Bertz CT molecular complexity index is 559. The Morgan fingerprint density at radius 2 is 2.16 bits per heavy atom. The predicted molar refractivity (Wildman–Crippen MR) is 76.8 cm³/mol. The van der Waals surface area contributed by atoms with Gasteiger partial charge in [0, 0.05) is 12.2 Å². The highest BCUT2D eigenvalue weighted by atomic mass is 15.1. The van der Waals surface area contributed by atoms with Crippen molar-refractivity contribution in [2.24, 2.45) is 0 Å². The number of anilines is 1. The number of hydrogen-bond donors (Lipinski definition) is 1. The standard InChI is InChI=1S/C15H20N4/c1-2-10-16-14-8-5-9-15(18-14)19-11-17-12-6-3-4-7-13(12)19/h5,8-9,11H,2-4,6-7,10H2,1H3,(H,16,18). The third-order valence-corrected chi connectivity index (χ3v) is 3.57. The minimum atomic E-state index is 0.942. The van der Waals surface area contributed by atoms with Crippen molar-refractivity contribution in [1.82, 2.24) is 14.5 Å². The van der Waals surface area contributed by atoms with Crippen LogP contribution in [0.1, 0.15) is 37.6 Å².